The molecule has 125 heavy (non-hydrogen) atoms. The molecule has 7 atom stereocenters. The lowest BCUT2D eigenvalue weighted by Gasteiger charge is -2.62. The van der Waals surface area contributed by atoms with E-state index in [1.54, 1.807) is 19.2 Å². The van der Waals surface area contributed by atoms with Gasteiger partial charge in [0.25, 0.3) is 0 Å². The summed E-state index contributed by atoms with van der Waals surface area (Å²) in [5.74, 6) is 8.81. The highest BCUT2D eigenvalue weighted by atomic mass is 35.5. The molecule has 7 N–H and O–H groups in total. The number of nitrogens with one attached hydrogen (secondary N) is 4. The van der Waals surface area contributed by atoms with Gasteiger partial charge in [-0.1, -0.05) is 148 Å². The second-order valence-electron chi connectivity index (χ2n) is 31.2. The van der Waals surface area contributed by atoms with Crippen LogP contribution in [0.1, 0.15) is 141 Å². The summed E-state index contributed by atoms with van der Waals surface area (Å²) in [5.41, 5.74) is 8.81. The Bertz CT molecular complexity index is 5020. The number of imide groups is 1. The number of likely N-dealkylation sites (tertiary alicyclic amines) is 1. The Kier molecular flexibility index (Phi) is 37.6. The number of aliphatic hydroxyl groups is 2. The van der Waals surface area contributed by atoms with Crippen LogP contribution in [0.3, 0.4) is 0 Å². The third kappa shape index (κ3) is 23.9. The van der Waals surface area contributed by atoms with Crippen molar-refractivity contribution in [2.75, 3.05) is 98.9 Å². The van der Waals surface area contributed by atoms with E-state index in [2.05, 4.69) is 124 Å². The third-order valence-electron chi connectivity index (χ3n) is 23.9. The van der Waals surface area contributed by atoms with Crippen LogP contribution in [0.5, 0.6) is 34.5 Å². The van der Waals surface area contributed by atoms with E-state index >= 15 is 0 Å². The number of ketones is 1. The minimum atomic E-state index is -1.58. The minimum absolute atomic E-state index is 0. The smallest absolute Gasteiger partial charge is 0.433 e. The SMILES string of the molecule is CC(=O)Nc1ccc(O)cc1.CCN(CC)CC#CCOC(=O)C(O)(c1ccccc1)C1CCCCC1.CNCCC=C1c2ccccc2CCc2ccccc21.COc1ccc2c3c1O[C@H]1C(=O)CC[C@@]4(O)[C@@H](C2)N(C)CC[C@]314.Cl.Cl.Cl.Cl.Fc1ccc([C@@H]2CCNC[C@H]2COc2ccc3c(c2)OCO3)cc1.O=C1CN(/N=C/c2ccc([N+](=O)[O-])o2)C(=O)N1. The lowest BCUT2D eigenvalue weighted by atomic mass is 9.49. The van der Waals surface area contributed by atoms with Gasteiger partial charge >= 0.3 is 17.9 Å². The van der Waals surface area contributed by atoms with Gasteiger partial charge in [0.15, 0.2) is 52.9 Å². The number of carbonyl (C=O) groups excluding carboxylic acids is 5. The molecule has 17 rings (SSSR count). The number of phenolic OH excluding ortho intramolecular Hbond substituents is 1. The second-order valence-corrected chi connectivity index (χ2v) is 31.2. The normalized spacial score (nSPS) is 20.4. The topological polar surface area (TPSA) is 328 Å². The fourth-order valence-corrected chi connectivity index (χ4v) is 17.6. The molecule has 9 aliphatic rings. The maximum atomic E-state index is 13.2. The molecular weight excluding hydrogens is 1690 g/mol. The summed E-state index contributed by atoms with van der Waals surface area (Å²) in [7, 11) is 5.70. The first-order valence-electron chi connectivity index (χ1n) is 41.5. The van der Waals surface area contributed by atoms with Crippen molar-refractivity contribution < 1.29 is 81.4 Å². The molecule has 31 heteroatoms. The standard InChI is InChI=1S/C22H31NO3.C19H20FNO3.C19H21N.C18H21NO4.C8H6N4O5.C8H9NO2.4ClH/c1-3-23(4-2)17-11-12-18-26-21(24)22(25,19-13-7-5-8-14-19)20-15-9-6-10-16-20;20-15-3-1-13(2-4-15)17-7-8-21-10-14(17)11-22-16-5-6-18-19(9-16)24-12-23-18;1-20-14-6-11-19-17-9-4-2-7-15(17)12-13-16-8-3-5-10-18(16)19;1-19-8-7-17-14-10-3-4-12(22-2)15(14)23-16(17)11(20)5-6-18(17,21)13(19)9-10;13-6-4-11(8(14)10-6)9-3-5-1-2-7(17-5)12(15)16;1-6(10)9-7-2-4-8(11)5-3-7;;;;/h5,7-8,13-14,20,25H,3-4,6,9-10,15-18H2,1-2H3;1-6,9,14,17,21H,7-8,10-12H2;2-5,7-11,20H,6,12-14H2,1H3;3-4,13,16,21H,5-9H2,1-2H3;1-3H,4H2,(H,10,13,14);2-5,11H,1H3,(H,9,10);4*1H/b;;;;9-3+;;;;;/t;14-,17-;;13-,16+,17+,18-;;;;;;/m.0.1....../s1. The van der Waals surface area contributed by atoms with Crippen molar-refractivity contribution in [3.05, 3.63) is 242 Å². The number of halogens is 5. The Morgan fingerprint density at radius 1 is 0.816 bits per heavy atom. The highest BCUT2D eigenvalue weighted by molar-refractivity contribution is 6.02. The van der Waals surface area contributed by atoms with Gasteiger partial charge in [0, 0.05) is 55.1 Å². The number of furan rings is 1. The number of aromatic hydroxyl groups is 1. The van der Waals surface area contributed by atoms with Gasteiger partial charge in [-0.25, -0.2) is 19.0 Å². The van der Waals surface area contributed by atoms with Crippen LogP contribution in [0, 0.1) is 39.6 Å². The number of rotatable bonds is 19. The first-order chi connectivity index (χ1) is 58.6. The van der Waals surface area contributed by atoms with E-state index in [9.17, 15) is 48.7 Å². The Morgan fingerprint density at radius 2 is 1.50 bits per heavy atom. The number of likely N-dealkylation sites (N-methyl/N-ethyl adjacent to an activating group) is 1. The monoisotopic (exact) mass is 1800 g/mol. The number of esters is 1. The van der Waals surface area contributed by atoms with Gasteiger partial charge in [-0.15, -0.1) is 49.6 Å². The summed E-state index contributed by atoms with van der Waals surface area (Å²) in [6.45, 7) is 12.6. The summed E-state index contributed by atoms with van der Waals surface area (Å²) < 4.78 is 51.7. The van der Waals surface area contributed by atoms with Crippen molar-refractivity contribution in [2.24, 2.45) is 16.9 Å². The second kappa shape index (κ2) is 47.1. The number of nitro groups is 1. The van der Waals surface area contributed by atoms with E-state index < -0.39 is 51.4 Å². The first-order valence-corrected chi connectivity index (χ1v) is 41.5. The number of urea groups is 1. The van der Waals surface area contributed by atoms with Crippen molar-refractivity contribution in [2.45, 2.75) is 139 Å². The number of amides is 4. The zero-order valence-corrected chi connectivity index (χ0v) is 74.2. The van der Waals surface area contributed by atoms with Crippen molar-refractivity contribution >= 4 is 103 Å². The molecule has 4 amide bonds. The lowest BCUT2D eigenvalue weighted by molar-refractivity contribution is -0.402. The molecule has 2 bridgehead atoms. The Hall–Kier alpha value is -10.6. The highest BCUT2D eigenvalue weighted by Gasteiger charge is 2.73. The predicted molar refractivity (Wildman–Crippen MR) is 485 cm³/mol. The summed E-state index contributed by atoms with van der Waals surface area (Å²) >= 11 is 0. The largest absolute Gasteiger partial charge is 0.508 e. The number of fused-ring (bicyclic) bond motifs is 3. The third-order valence-corrected chi connectivity index (χ3v) is 23.9. The number of hydrogen-bond acceptors (Lipinski definition) is 22. The van der Waals surface area contributed by atoms with Gasteiger partial charge in [0.05, 0.1) is 43.6 Å². The van der Waals surface area contributed by atoms with Crippen LogP contribution < -0.4 is 45.0 Å². The van der Waals surface area contributed by atoms with E-state index in [1.165, 1.54) is 76.2 Å². The summed E-state index contributed by atoms with van der Waals surface area (Å²) in [5, 5.41) is 58.1. The molecule has 4 aliphatic carbocycles. The van der Waals surface area contributed by atoms with Crippen LogP contribution >= 0.6 is 49.6 Å². The maximum absolute atomic E-state index is 13.2. The molecule has 7 aromatic carbocycles. The van der Waals surface area contributed by atoms with Crippen LogP contribution in [0.2, 0.25) is 0 Å². The van der Waals surface area contributed by atoms with E-state index in [-0.39, 0.29) is 111 Å². The zero-order valence-electron chi connectivity index (χ0n) is 71.0. The van der Waals surface area contributed by atoms with Crippen LogP contribution in [0.4, 0.5) is 20.8 Å². The fourth-order valence-electron chi connectivity index (χ4n) is 17.6. The number of benzene rings is 7. The Morgan fingerprint density at radius 3 is 2.14 bits per heavy atom. The number of aryl methyl sites for hydroxylation is 2. The number of phenols is 1. The molecule has 670 valence electrons. The molecule has 1 unspecified atom stereocenters. The number of ether oxygens (including phenoxy) is 6. The number of carbonyl (C=O) groups is 5. The van der Waals surface area contributed by atoms with E-state index in [4.69, 9.17) is 37.9 Å². The predicted octanol–water partition coefficient (Wildman–Crippen LogP) is 14.7. The van der Waals surface area contributed by atoms with Crippen molar-refractivity contribution in [3.63, 3.8) is 0 Å². The van der Waals surface area contributed by atoms with Gasteiger partial charge in [0.2, 0.25) is 18.6 Å². The van der Waals surface area contributed by atoms with E-state index in [0.29, 0.717) is 60.6 Å². The Balaban J connectivity index is 0.000000187. The molecule has 2 saturated carbocycles. The van der Waals surface area contributed by atoms with E-state index in [0.717, 1.165) is 150 Å². The van der Waals surface area contributed by atoms with Gasteiger partial charge in [-0.3, -0.25) is 34.7 Å². The van der Waals surface area contributed by atoms with Crippen LogP contribution in [0.15, 0.2) is 185 Å². The molecule has 0 radical (unpaired) electrons. The molecule has 1 aromatic heterocycles. The zero-order chi connectivity index (χ0) is 85.6. The number of hydrogen-bond donors (Lipinski definition) is 7. The van der Waals surface area contributed by atoms with Crippen molar-refractivity contribution in [1.82, 2.24) is 30.8 Å². The number of hydrazone groups is 1. The van der Waals surface area contributed by atoms with Gasteiger partial charge < -0.3 is 69.0 Å². The van der Waals surface area contributed by atoms with Crippen LogP contribution in [-0.2, 0) is 54.2 Å². The lowest BCUT2D eigenvalue weighted by Crippen LogP contribution is -2.76. The van der Waals surface area contributed by atoms with Crippen molar-refractivity contribution in [3.8, 4) is 46.3 Å². The minimum Gasteiger partial charge on any atom is -0.508 e. The average molecular weight is 1800 g/mol. The molecule has 5 fully saturated rings. The number of piperidine rings is 2. The number of Topliss-reactive ketones (excluding diaryl/α,β-unsaturated/α-hetero) is 1. The van der Waals surface area contributed by atoms with Gasteiger partial charge in [0.1, 0.15) is 28.8 Å². The summed E-state index contributed by atoms with van der Waals surface area (Å²) in [4.78, 5) is 71.9. The molecule has 3 saturated heterocycles. The van der Waals surface area contributed by atoms with Crippen LogP contribution in [-0.4, -0.2) is 182 Å². The molecule has 6 heterocycles. The van der Waals surface area contributed by atoms with Gasteiger partial charge in [-0.2, -0.15) is 5.10 Å². The average Bonchev–Trinajstić information content (AvgIpc) is 1.53. The van der Waals surface area contributed by atoms with Crippen molar-refractivity contribution in [1.29, 1.82) is 0 Å². The number of methoxy groups -OCH3 is 1. The van der Waals surface area contributed by atoms with E-state index in [1.807, 2.05) is 79.1 Å². The quantitative estimate of drug-likeness (QED) is 0.00578. The Labute approximate surface area is 753 Å². The fraction of sp³-hybridized carbons (Fsp3) is 0.404. The highest BCUT2D eigenvalue weighted by Crippen LogP contribution is 2.65. The summed E-state index contributed by atoms with van der Waals surface area (Å²) in [6, 6.07) is 51.6. The maximum Gasteiger partial charge on any atom is 0.433 e. The molecule has 26 nitrogen and oxygen atoms in total. The van der Waals surface area contributed by atoms with Crippen LogP contribution in [0.25, 0.3) is 5.57 Å². The molecule has 8 aromatic rings. The number of nitrogens with zero attached hydrogens (tertiary/aromatic N) is 5. The number of anilines is 1. The molecule has 1 spiro atoms. The summed E-state index contributed by atoms with van der Waals surface area (Å²) in [6.07, 6.45) is 14.7. The molecule has 5 aliphatic heterocycles. The first kappa shape index (κ1) is 99.8. The van der Waals surface area contributed by atoms with Gasteiger partial charge in [-0.05, 0) is 216 Å². The molecular formula is C94H112Cl4FN9O17.